The van der Waals surface area contributed by atoms with E-state index in [2.05, 4.69) is 0 Å². The van der Waals surface area contributed by atoms with Crippen molar-refractivity contribution in [1.82, 2.24) is 4.90 Å². The topological polar surface area (TPSA) is 46.6 Å². The number of likely N-dealkylation sites (tertiary alicyclic amines) is 1. The highest BCUT2D eigenvalue weighted by atomic mass is 35.5. The Morgan fingerprint density at radius 1 is 1.30 bits per heavy atom. The number of halogens is 1. The third-order valence-electron chi connectivity index (χ3n) is 3.72. The van der Waals surface area contributed by atoms with E-state index in [1.165, 1.54) is 0 Å². The number of ether oxygens (including phenoxy) is 1. The van der Waals surface area contributed by atoms with E-state index >= 15 is 0 Å². The van der Waals surface area contributed by atoms with Crippen molar-refractivity contribution in [2.45, 2.75) is 20.0 Å². The second-order valence-electron chi connectivity index (χ2n) is 5.02. The van der Waals surface area contributed by atoms with Crippen molar-refractivity contribution in [3.05, 3.63) is 35.9 Å². The van der Waals surface area contributed by atoms with Gasteiger partial charge in [-0.1, -0.05) is 43.7 Å². The molecule has 1 saturated heterocycles. The predicted molar refractivity (Wildman–Crippen MR) is 76.3 cm³/mol. The van der Waals surface area contributed by atoms with Crippen LogP contribution < -0.4 is 0 Å². The first-order chi connectivity index (χ1) is 9.61. The number of benzene rings is 1. The average Bonchev–Trinajstić information content (AvgIpc) is 2.90. The lowest BCUT2D eigenvalue weighted by Crippen LogP contribution is -2.30. The number of carbonyl (C=O) groups is 2. The maximum absolute atomic E-state index is 12.0. The van der Waals surface area contributed by atoms with Crippen LogP contribution in [0.1, 0.15) is 18.9 Å². The van der Waals surface area contributed by atoms with Gasteiger partial charge in [-0.3, -0.25) is 4.79 Å². The van der Waals surface area contributed by atoms with E-state index < -0.39 is 0 Å². The zero-order valence-corrected chi connectivity index (χ0v) is 12.2. The lowest BCUT2D eigenvalue weighted by molar-refractivity contribution is -0.115. The number of nitrogens with zero attached hydrogens (tertiary/aromatic N) is 1. The van der Waals surface area contributed by atoms with E-state index in [-0.39, 0.29) is 29.8 Å². The molecule has 0 unspecified atom stereocenters. The second kappa shape index (κ2) is 6.75. The summed E-state index contributed by atoms with van der Waals surface area (Å²) in [5, 5.41) is -0.366. The molecule has 0 N–H and O–H groups in total. The van der Waals surface area contributed by atoms with Crippen LogP contribution in [-0.4, -0.2) is 29.3 Å². The van der Waals surface area contributed by atoms with Crippen molar-refractivity contribution < 1.29 is 14.3 Å². The summed E-state index contributed by atoms with van der Waals surface area (Å²) < 4.78 is 5.27. The fourth-order valence-corrected chi connectivity index (χ4v) is 2.75. The summed E-state index contributed by atoms with van der Waals surface area (Å²) in [6.45, 7) is 3.13. The molecule has 108 valence electrons. The highest BCUT2D eigenvalue weighted by molar-refractivity contribution is 6.64. The SMILES string of the molecule is CC[C@@H]1CN(C(=O)OCc2ccccc2)C[C@@H]1C(=O)Cl. The maximum atomic E-state index is 12.0. The molecule has 0 aromatic heterocycles. The molecule has 1 aromatic rings. The molecule has 2 atom stereocenters. The maximum Gasteiger partial charge on any atom is 0.410 e. The third-order valence-corrected chi connectivity index (χ3v) is 4.00. The fourth-order valence-electron chi connectivity index (χ4n) is 2.50. The van der Waals surface area contributed by atoms with Crippen LogP contribution in [0, 0.1) is 11.8 Å². The Kier molecular flexibility index (Phi) is 5.01. The van der Waals surface area contributed by atoms with Crippen LogP contribution in [0.15, 0.2) is 30.3 Å². The molecule has 0 aliphatic carbocycles. The molecule has 1 aliphatic rings. The van der Waals surface area contributed by atoms with E-state index in [1.54, 1.807) is 4.90 Å². The van der Waals surface area contributed by atoms with Gasteiger partial charge in [-0.15, -0.1) is 0 Å². The van der Waals surface area contributed by atoms with Crippen LogP contribution in [0.2, 0.25) is 0 Å². The van der Waals surface area contributed by atoms with Crippen molar-refractivity contribution in [3.63, 3.8) is 0 Å². The second-order valence-corrected chi connectivity index (χ2v) is 5.40. The Morgan fingerprint density at radius 3 is 2.55 bits per heavy atom. The quantitative estimate of drug-likeness (QED) is 0.802. The summed E-state index contributed by atoms with van der Waals surface area (Å²) in [7, 11) is 0. The van der Waals surface area contributed by atoms with Gasteiger partial charge in [0.2, 0.25) is 5.24 Å². The van der Waals surface area contributed by atoms with Crippen LogP contribution in [0.25, 0.3) is 0 Å². The summed E-state index contributed by atoms with van der Waals surface area (Å²) >= 11 is 5.58. The molecule has 1 fully saturated rings. The largest absolute Gasteiger partial charge is 0.445 e. The molecule has 1 aliphatic heterocycles. The Labute approximate surface area is 123 Å². The molecule has 1 aromatic carbocycles. The van der Waals surface area contributed by atoms with E-state index in [0.29, 0.717) is 13.1 Å². The molecule has 1 heterocycles. The molecule has 4 nitrogen and oxygen atoms in total. The van der Waals surface area contributed by atoms with E-state index in [0.717, 1.165) is 12.0 Å². The normalized spacial score (nSPS) is 21.8. The third kappa shape index (κ3) is 3.51. The minimum absolute atomic E-state index is 0.129. The standard InChI is InChI=1S/C15H18ClNO3/c1-2-12-8-17(9-13(12)14(16)18)15(19)20-10-11-6-4-3-5-7-11/h3-7,12-13H,2,8-10H2,1H3/t12-,13+/m1/s1. The monoisotopic (exact) mass is 295 g/mol. The number of hydrogen-bond acceptors (Lipinski definition) is 3. The van der Waals surface area contributed by atoms with Crippen LogP contribution >= 0.6 is 11.6 Å². The van der Waals surface area contributed by atoms with Crippen molar-refractivity contribution >= 4 is 22.9 Å². The minimum Gasteiger partial charge on any atom is -0.445 e. The molecule has 0 radical (unpaired) electrons. The van der Waals surface area contributed by atoms with Gasteiger partial charge in [-0.25, -0.2) is 4.79 Å². The number of rotatable bonds is 4. The molecule has 20 heavy (non-hydrogen) atoms. The van der Waals surface area contributed by atoms with Gasteiger partial charge in [-0.2, -0.15) is 0 Å². The van der Waals surface area contributed by atoms with Gasteiger partial charge >= 0.3 is 6.09 Å². The zero-order valence-electron chi connectivity index (χ0n) is 11.4. The molecule has 0 saturated carbocycles. The first kappa shape index (κ1) is 14.9. The van der Waals surface area contributed by atoms with Crippen molar-refractivity contribution in [3.8, 4) is 0 Å². The van der Waals surface area contributed by atoms with Gasteiger partial charge in [-0.05, 0) is 23.1 Å². The van der Waals surface area contributed by atoms with Crippen molar-refractivity contribution in [2.24, 2.45) is 11.8 Å². The summed E-state index contributed by atoms with van der Waals surface area (Å²) in [4.78, 5) is 24.9. The molecular formula is C15H18ClNO3. The number of amides is 1. The van der Waals surface area contributed by atoms with Crippen LogP contribution in [0.3, 0.4) is 0 Å². The van der Waals surface area contributed by atoms with Crippen molar-refractivity contribution in [1.29, 1.82) is 0 Å². The van der Waals surface area contributed by atoms with Gasteiger partial charge in [0.25, 0.3) is 0 Å². The van der Waals surface area contributed by atoms with Crippen LogP contribution in [0.4, 0.5) is 4.79 Å². The van der Waals surface area contributed by atoms with Crippen molar-refractivity contribution in [2.75, 3.05) is 13.1 Å². The highest BCUT2D eigenvalue weighted by Gasteiger charge is 2.38. The van der Waals surface area contributed by atoms with E-state index in [4.69, 9.17) is 16.3 Å². The lowest BCUT2D eigenvalue weighted by atomic mass is 9.95. The number of carbonyl (C=O) groups excluding carboxylic acids is 2. The Hall–Kier alpha value is -1.55. The average molecular weight is 296 g/mol. The first-order valence-corrected chi connectivity index (χ1v) is 7.14. The summed E-state index contributed by atoms with van der Waals surface area (Å²) in [5.41, 5.74) is 0.942. The molecule has 0 spiro atoms. The van der Waals surface area contributed by atoms with Gasteiger partial charge in [0.05, 0.1) is 5.92 Å². The minimum atomic E-state index is -0.382. The van der Waals surface area contributed by atoms with E-state index in [9.17, 15) is 9.59 Å². The first-order valence-electron chi connectivity index (χ1n) is 6.76. The van der Waals surface area contributed by atoms with Crippen LogP contribution in [-0.2, 0) is 16.1 Å². The zero-order chi connectivity index (χ0) is 14.5. The Bertz CT molecular complexity index is 477. The van der Waals surface area contributed by atoms with E-state index in [1.807, 2.05) is 37.3 Å². The Balaban J connectivity index is 1.89. The highest BCUT2D eigenvalue weighted by Crippen LogP contribution is 2.28. The van der Waals surface area contributed by atoms with Gasteiger partial charge < -0.3 is 9.64 Å². The molecule has 5 heteroatoms. The Morgan fingerprint density at radius 2 is 2.00 bits per heavy atom. The van der Waals surface area contributed by atoms with Gasteiger partial charge in [0.15, 0.2) is 0 Å². The van der Waals surface area contributed by atoms with Gasteiger partial charge in [0.1, 0.15) is 6.61 Å². The lowest BCUT2D eigenvalue weighted by Gasteiger charge is -2.16. The van der Waals surface area contributed by atoms with Gasteiger partial charge in [0, 0.05) is 13.1 Å². The summed E-state index contributed by atoms with van der Waals surface area (Å²) in [5.74, 6) is -0.143. The summed E-state index contributed by atoms with van der Waals surface area (Å²) in [6.07, 6.45) is 0.443. The summed E-state index contributed by atoms with van der Waals surface area (Å²) in [6, 6.07) is 9.51. The molecule has 2 rings (SSSR count). The predicted octanol–water partition coefficient (Wildman–Crippen LogP) is 3.05. The number of hydrogen-bond donors (Lipinski definition) is 0. The fraction of sp³-hybridized carbons (Fsp3) is 0.467. The van der Waals surface area contributed by atoms with Crippen LogP contribution in [0.5, 0.6) is 0 Å². The molecule has 0 bridgehead atoms. The molecular weight excluding hydrogens is 278 g/mol. The molecule has 1 amide bonds. The smallest absolute Gasteiger partial charge is 0.410 e.